The standard InChI is InChI=1S/C10H15NO2/c11-6-10(4-5-13-7-10)9(12)8-2-1-3-8/h8-9,12H,1-5,7H2. The molecule has 2 fully saturated rings. The van der Waals surface area contributed by atoms with Gasteiger partial charge in [0.1, 0.15) is 5.41 Å². The minimum Gasteiger partial charge on any atom is -0.391 e. The predicted octanol–water partition coefficient (Wildman–Crippen LogP) is 1.08. The van der Waals surface area contributed by atoms with Crippen LogP contribution < -0.4 is 0 Å². The van der Waals surface area contributed by atoms with Crippen LogP contribution in [0.25, 0.3) is 0 Å². The predicted molar refractivity (Wildman–Crippen MR) is 46.8 cm³/mol. The van der Waals surface area contributed by atoms with Crippen molar-refractivity contribution in [2.75, 3.05) is 13.2 Å². The molecule has 0 bridgehead atoms. The second-order valence-electron chi connectivity index (χ2n) is 4.21. The summed E-state index contributed by atoms with van der Waals surface area (Å²) in [7, 11) is 0. The van der Waals surface area contributed by atoms with E-state index in [2.05, 4.69) is 6.07 Å². The number of aliphatic hydroxyl groups excluding tert-OH is 1. The lowest BCUT2D eigenvalue weighted by atomic mass is 9.69. The first-order valence-electron chi connectivity index (χ1n) is 4.95. The Morgan fingerprint density at radius 2 is 2.31 bits per heavy atom. The average molecular weight is 181 g/mol. The van der Waals surface area contributed by atoms with Crippen molar-refractivity contribution in [1.82, 2.24) is 0 Å². The molecule has 2 aliphatic rings. The molecule has 0 aromatic heterocycles. The maximum absolute atomic E-state index is 10.0. The third-order valence-electron chi connectivity index (χ3n) is 3.44. The van der Waals surface area contributed by atoms with Gasteiger partial charge in [0.15, 0.2) is 0 Å². The van der Waals surface area contributed by atoms with Gasteiger partial charge in [0.05, 0.1) is 18.8 Å². The first kappa shape index (κ1) is 8.98. The Hall–Kier alpha value is -0.590. The molecule has 2 rings (SSSR count). The maximum atomic E-state index is 10.0. The molecule has 1 saturated heterocycles. The molecule has 3 heteroatoms. The molecular formula is C10H15NO2. The van der Waals surface area contributed by atoms with Gasteiger partial charge in [-0.25, -0.2) is 0 Å². The van der Waals surface area contributed by atoms with Crippen molar-refractivity contribution in [3.05, 3.63) is 0 Å². The van der Waals surface area contributed by atoms with Gasteiger partial charge in [0.2, 0.25) is 0 Å². The lowest BCUT2D eigenvalue weighted by Gasteiger charge is -2.37. The van der Waals surface area contributed by atoms with Gasteiger partial charge in [0, 0.05) is 6.61 Å². The maximum Gasteiger partial charge on any atom is 0.109 e. The summed E-state index contributed by atoms with van der Waals surface area (Å²) in [4.78, 5) is 0. The zero-order valence-electron chi connectivity index (χ0n) is 7.70. The summed E-state index contributed by atoms with van der Waals surface area (Å²) in [6.07, 6.45) is 3.58. The Balaban J connectivity index is 2.06. The van der Waals surface area contributed by atoms with Gasteiger partial charge in [-0.05, 0) is 25.2 Å². The molecule has 3 nitrogen and oxygen atoms in total. The van der Waals surface area contributed by atoms with Gasteiger partial charge >= 0.3 is 0 Å². The van der Waals surface area contributed by atoms with Gasteiger partial charge in [-0.1, -0.05) is 6.42 Å². The number of rotatable bonds is 2. The molecule has 0 aromatic rings. The minimum absolute atomic E-state index is 0.348. The van der Waals surface area contributed by atoms with Crippen LogP contribution in [0.4, 0.5) is 0 Å². The Morgan fingerprint density at radius 1 is 1.54 bits per heavy atom. The topological polar surface area (TPSA) is 53.2 Å². The van der Waals surface area contributed by atoms with E-state index in [4.69, 9.17) is 10.00 Å². The Kier molecular flexibility index (Phi) is 2.27. The summed E-state index contributed by atoms with van der Waals surface area (Å²) in [5.74, 6) is 0.348. The summed E-state index contributed by atoms with van der Waals surface area (Å²) in [5.41, 5.74) is -0.592. The number of hydrogen-bond acceptors (Lipinski definition) is 3. The molecule has 1 N–H and O–H groups in total. The third kappa shape index (κ3) is 1.34. The second kappa shape index (κ2) is 3.28. The van der Waals surface area contributed by atoms with Crippen molar-refractivity contribution >= 4 is 0 Å². The molecule has 0 aromatic carbocycles. The normalized spacial score (nSPS) is 36.6. The highest BCUT2D eigenvalue weighted by atomic mass is 16.5. The molecule has 1 saturated carbocycles. The highest BCUT2D eigenvalue weighted by molar-refractivity contribution is 5.08. The third-order valence-corrected chi connectivity index (χ3v) is 3.44. The van der Waals surface area contributed by atoms with Crippen molar-refractivity contribution in [3.63, 3.8) is 0 Å². The smallest absolute Gasteiger partial charge is 0.109 e. The zero-order valence-corrected chi connectivity index (χ0v) is 7.70. The van der Waals surface area contributed by atoms with Gasteiger partial charge in [-0.2, -0.15) is 5.26 Å². The molecule has 0 amide bonds. The fraction of sp³-hybridized carbons (Fsp3) is 0.900. The van der Waals surface area contributed by atoms with Crippen molar-refractivity contribution in [1.29, 1.82) is 5.26 Å². The first-order valence-corrected chi connectivity index (χ1v) is 4.95. The van der Waals surface area contributed by atoms with E-state index in [1.807, 2.05) is 0 Å². The van der Waals surface area contributed by atoms with Crippen LogP contribution >= 0.6 is 0 Å². The molecule has 1 aliphatic heterocycles. The number of nitriles is 1. The van der Waals surface area contributed by atoms with E-state index in [0.717, 1.165) is 12.8 Å². The lowest BCUT2D eigenvalue weighted by Crippen LogP contribution is -2.42. The molecule has 2 atom stereocenters. The van der Waals surface area contributed by atoms with Crippen LogP contribution in [0.5, 0.6) is 0 Å². The van der Waals surface area contributed by atoms with Crippen molar-refractivity contribution < 1.29 is 9.84 Å². The summed E-state index contributed by atoms with van der Waals surface area (Å²) in [5, 5.41) is 19.1. The molecule has 1 aliphatic carbocycles. The quantitative estimate of drug-likeness (QED) is 0.693. The number of hydrogen-bond donors (Lipinski definition) is 1. The Morgan fingerprint density at radius 3 is 2.69 bits per heavy atom. The van der Waals surface area contributed by atoms with E-state index in [0.29, 0.717) is 25.6 Å². The molecule has 2 unspecified atom stereocenters. The molecule has 72 valence electrons. The molecule has 0 spiro atoms. The lowest BCUT2D eigenvalue weighted by molar-refractivity contribution is -0.0206. The zero-order chi connectivity index (χ0) is 9.31. The monoisotopic (exact) mass is 181 g/mol. The highest BCUT2D eigenvalue weighted by Crippen LogP contribution is 2.41. The fourth-order valence-corrected chi connectivity index (χ4v) is 2.18. The van der Waals surface area contributed by atoms with Crippen molar-refractivity contribution in [2.24, 2.45) is 11.3 Å². The second-order valence-corrected chi connectivity index (χ2v) is 4.21. The van der Waals surface area contributed by atoms with Crippen molar-refractivity contribution in [2.45, 2.75) is 31.8 Å². The van der Waals surface area contributed by atoms with Crippen molar-refractivity contribution in [3.8, 4) is 6.07 Å². The van der Waals surface area contributed by atoms with E-state index in [1.165, 1.54) is 6.42 Å². The van der Waals surface area contributed by atoms with E-state index >= 15 is 0 Å². The molecule has 1 heterocycles. The summed E-state index contributed by atoms with van der Waals surface area (Å²) in [6.45, 7) is 1.04. The average Bonchev–Trinajstić information content (AvgIpc) is 2.49. The van der Waals surface area contributed by atoms with Crippen LogP contribution in [-0.2, 0) is 4.74 Å². The van der Waals surface area contributed by atoms with Gasteiger partial charge in [0.25, 0.3) is 0 Å². The van der Waals surface area contributed by atoms with Gasteiger partial charge < -0.3 is 9.84 Å². The van der Waals surface area contributed by atoms with E-state index in [1.54, 1.807) is 0 Å². The van der Waals surface area contributed by atoms with Crippen LogP contribution in [0, 0.1) is 22.7 Å². The van der Waals surface area contributed by atoms with Crippen LogP contribution in [0.2, 0.25) is 0 Å². The summed E-state index contributed by atoms with van der Waals surface area (Å²) < 4.78 is 5.21. The SMILES string of the molecule is N#CC1(C(O)C2CCC2)CCOC1. The Labute approximate surface area is 78.3 Å². The van der Waals surface area contributed by atoms with Crippen LogP contribution in [-0.4, -0.2) is 24.4 Å². The van der Waals surface area contributed by atoms with Crippen LogP contribution in [0.15, 0.2) is 0 Å². The van der Waals surface area contributed by atoms with E-state index in [9.17, 15) is 5.11 Å². The van der Waals surface area contributed by atoms with E-state index in [-0.39, 0.29) is 0 Å². The summed E-state index contributed by atoms with van der Waals surface area (Å²) >= 11 is 0. The number of aliphatic hydroxyl groups is 1. The van der Waals surface area contributed by atoms with Gasteiger partial charge in [-0.3, -0.25) is 0 Å². The van der Waals surface area contributed by atoms with Gasteiger partial charge in [-0.15, -0.1) is 0 Å². The molecular weight excluding hydrogens is 166 g/mol. The summed E-state index contributed by atoms with van der Waals surface area (Å²) in [6, 6.07) is 2.25. The van der Waals surface area contributed by atoms with Crippen LogP contribution in [0.3, 0.4) is 0 Å². The molecule has 0 radical (unpaired) electrons. The fourth-order valence-electron chi connectivity index (χ4n) is 2.18. The number of ether oxygens (including phenoxy) is 1. The minimum atomic E-state index is -0.592. The first-order chi connectivity index (χ1) is 6.28. The Bertz CT molecular complexity index is 224. The van der Waals surface area contributed by atoms with E-state index < -0.39 is 11.5 Å². The van der Waals surface area contributed by atoms with Crippen LogP contribution in [0.1, 0.15) is 25.7 Å². The number of nitrogens with zero attached hydrogens (tertiary/aromatic N) is 1. The molecule has 13 heavy (non-hydrogen) atoms. The highest BCUT2D eigenvalue weighted by Gasteiger charge is 2.46. The largest absolute Gasteiger partial charge is 0.391 e.